The summed E-state index contributed by atoms with van der Waals surface area (Å²) in [4.78, 5) is 14.0. The first kappa shape index (κ1) is 40.4. The van der Waals surface area contributed by atoms with Gasteiger partial charge in [0.1, 0.15) is 37.5 Å². The molecule has 6 aromatic rings. The predicted molar refractivity (Wildman–Crippen MR) is 223 cm³/mol. The minimum atomic E-state index is -1.23. The highest BCUT2D eigenvalue weighted by atomic mass is 28.3. The van der Waals surface area contributed by atoms with Gasteiger partial charge in [0, 0.05) is 14.7 Å². The molecule has 1 fully saturated rings. The molecule has 4 aromatic carbocycles. The van der Waals surface area contributed by atoms with Gasteiger partial charge in [-0.25, -0.2) is 15.0 Å². The molecule has 1 aliphatic heterocycles. The molecular weight excluding hydrogens is 735 g/mol. The molecule has 57 heavy (non-hydrogen) atoms. The molecule has 2 aromatic heterocycles. The molecule has 1 N–H and O–H groups in total. The fraction of sp³-hybridized carbons (Fsp3) is 0.356. The molecule has 0 spiro atoms. The topological polar surface area (TPSA) is 111 Å². The Morgan fingerprint density at radius 2 is 1.14 bits per heavy atom. The van der Waals surface area contributed by atoms with E-state index in [9.17, 15) is 0 Å². The van der Waals surface area contributed by atoms with Crippen LogP contribution in [0.5, 0.6) is 0 Å². The maximum Gasteiger partial charge on any atom is 0.167 e. The Morgan fingerprint density at radius 3 is 1.70 bits per heavy atom. The Morgan fingerprint density at radius 1 is 0.614 bits per heavy atom. The van der Waals surface area contributed by atoms with Crippen molar-refractivity contribution < 1.29 is 28.4 Å². The van der Waals surface area contributed by atoms with Crippen molar-refractivity contribution in [3.05, 3.63) is 156 Å². The molecule has 0 unspecified atom stereocenters. The summed E-state index contributed by atoms with van der Waals surface area (Å²) in [7, 11) is -1.23. The van der Waals surface area contributed by atoms with Crippen LogP contribution in [0.15, 0.2) is 134 Å². The molecule has 298 valence electrons. The number of hydrogen-bond donors (Lipinski definition) is 1. The van der Waals surface area contributed by atoms with Gasteiger partial charge >= 0.3 is 0 Å². The van der Waals surface area contributed by atoms with Crippen LogP contribution in [0.1, 0.15) is 22.3 Å². The Labute approximate surface area is 336 Å². The largest absolute Gasteiger partial charge is 0.374 e. The number of hydrogen-bond acceptors (Lipinski definition) is 10. The second kappa shape index (κ2) is 20.1. The number of nitrogens with zero attached hydrogens (tertiary/aromatic N) is 4. The van der Waals surface area contributed by atoms with Gasteiger partial charge in [-0.3, -0.25) is 4.57 Å². The average molecular weight is 788 g/mol. The van der Waals surface area contributed by atoms with E-state index in [0.29, 0.717) is 56.7 Å². The lowest BCUT2D eigenvalue weighted by Crippen LogP contribution is -2.63. The first-order valence-electron chi connectivity index (χ1n) is 19.6. The molecular formula is C45H53N5O6Si. The summed E-state index contributed by atoms with van der Waals surface area (Å²) in [5.74, 6) is 0.508. The average Bonchev–Trinajstić information content (AvgIpc) is 3.66. The van der Waals surface area contributed by atoms with Crippen LogP contribution in [0.2, 0.25) is 25.7 Å². The third kappa shape index (κ3) is 11.6. The van der Waals surface area contributed by atoms with Gasteiger partial charge in [-0.05, 0) is 28.3 Å². The summed E-state index contributed by atoms with van der Waals surface area (Å²) >= 11 is 0. The van der Waals surface area contributed by atoms with E-state index in [1.165, 1.54) is 6.33 Å². The van der Waals surface area contributed by atoms with E-state index in [-0.39, 0.29) is 6.61 Å². The summed E-state index contributed by atoms with van der Waals surface area (Å²) in [6, 6.07) is 41.5. The molecule has 5 atom stereocenters. The highest BCUT2D eigenvalue weighted by molar-refractivity contribution is 6.76. The first-order chi connectivity index (χ1) is 27.9. The van der Waals surface area contributed by atoms with Crippen molar-refractivity contribution in [3.8, 4) is 0 Å². The maximum absolute atomic E-state index is 7.00. The molecule has 11 nitrogen and oxygen atoms in total. The van der Waals surface area contributed by atoms with E-state index in [2.05, 4.69) is 59.2 Å². The first-order valence-corrected chi connectivity index (χ1v) is 23.3. The number of ether oxygens (including phenoxy) is 6. The van der Waals surface area contributed by atoms with Crippen LogP contribution in [0.3, 0.4) is 0 Å². The van der Waals surface area contributed by atoms with Gasteiger partial charge in [-0.1, -0.05) is 141 Å². The van der Waals surface area contributed by atoms with Gasteiger partial charge in [0.25, 0.3) is 0 Å². The lowest BCUT2D eigenvalue weighted by Gasteiger charge is -2.46. The fourth-order valence-corrected chi connectivity index (χ4v) is 7.42. The molecule has 0 saturated carbocycles. The molecule has 1 saturated heterocycles. The molecule has 0 bridgehead atoms. The predicted octanol–water partition coefficient (Wildman–Crippen LogP) is 8.25. The monoisotopic (exact) mass is 787 g/mol. The van der Waals surface area contributed by atoms with Crippen molar-refractivity contribution in [3.63, 3.8) is 0 Å². The number of benzene rings is 4. The van der Waals surface area contributed by atoms with E-state index < -0.39 is 38.7 Å². The van der Waals surface area contributed by atoms with Crippen LogP contribution in [-0.2, 0) is 61.6 Å². The quantitative estimate of drug-likeness (QED) is 0.0600. The van der Waals surface area contributed by atoms with Crippen molar-refractivity contribution in [1.29, 1.82) is 0 Å². The molecule has 0 radical (unpaired) electrons. The lowest BCUT2D eigenvalue weighted by atomic mass is 9.96. The third-order valence-electron chi connectivity index (χ3n) is 9.79. The van der Waals surface area contributed by atoms with Crippen LogP contribution < -0.4 is 5.32 Å². The second-order valence-electron chi connectivity index (χ2n) is 15.5. The van der Waals surface area contributed by atoms with Crippen LogP contribution in [-0.4, -0.2) is 71.5 Å². The summed E-state index contributed by atoms with van der Waals surface area (Å²) in [5.41, 5.74) is 5.40. The zero-order chi connectivity index (χ0) is 39.3. The van der Waals surface area contributed by atoms with E-state index >= 15 is 0 Å². The highest BCUT2D eigenvalue weighted by Crippen LogP contribution is 2.32. The standard InChI is InChI=1S/C45H53N5O6Si/c1-57(2,3)25-24-51-33-50-32-48-39-43(46-31-47-44(39)50)49-45-42(55-29-37-22-14-7-15-23-37)41(54-28-36-20-12-6-13-21-36)40(53-27-35-18-10-5-11-19-35)38(56-45)30-52-26-34-16-8-4-9-17-34/h4-23,31-32,38,40-42,45H,24-30,33H2,1-3H3,(H,46,47,49)/t38-,40-,41+,42-,45+/m1/s1. The van der Waals surface area contributed by atoms with Gasteiger partial charge in [0.15, 0.2) is 23.2 Å². The van der Waals surface area contributed by atoms with Crippen molar-refractivity contribution in [2.24, 2.45) is 0 Å². The molecule has 0 amide bonds. The van der Waals surface area contributed by atoms with Gasteiger partial charge < -0.3 is 33.7 Å². The smallest absolute Gasteiger partial charge is 0.167 e. The highest BCUT2D eigenvalue weighted by Gasteiger charge is 2.49. The van der Waals surface area contributed by atoms with E-state index in [1.54, 1.807) is 6.33 Å². The van der Waals surface area contributed by atoms with Gasteiger partial charge in [0.05, 0.1) is 39.4 Å². The summed E-state index contributed by atoms with van der Waals surface area (Å²) < 4.78 is 41.9. The summed E-state index contributed by atoms with van der Waals surface area (Å²) in [6.07, 6.45) is 0.157. The number of nitrogens with one attached hydrogen (secondary N) is 1. The van der Waals surface area contributed by atoms with Gasteiger partial charge in [-0.15, -0.1) is 0 Å². The number of rotatable bonds is 20. The Bertz CT molecular complexity index is 2070. The van der Waals surface area contributed by atoms with E-state index in [0.717, 1.165) is 28.3 Å². The van der Waals surface area contributed by atoms with Crippen LogP contribution in [0.4, 0.5) is 5.82 Å². The van der Waals surface area contributed by atoms with Crippen LogP contribution >= 0.6 is 0 Å². The third-order valence-corrected chi connectivity index (χ3v) is 11.5. The van der Waals surface area contributed by atoms with E-state index in [4.69, 9.17) is 33.4 Å². The summed E-state index contributed by atoms with van der Waals surface area (Å²) in [6.45, 7) is 9.72. The van der Waals surface area contributed by atoms with Crippen molar-refractivity contribution in [2.75, 3.05) is 18.5 Å². The summed E-state index contributed by atoms with van der Waals surface area (Å²) in [5, 5.41) is 3.57. The van der Waals surface area contributed by atoms with Crippen molar-refractivity contribution in [1.82, 2.24) is 19.5 Å². The molecule has 0 aliphatic carbocycles. The molecule has 7 rings (SSSR count). The van der Waals surface area contributed by atoms with Crippen LogP contribution in [0, 0.1) is 0 Å². The van der Waals surface area contributed by atoms with Crippen LogP contribution in [0.25, 0.3) is 11.2 Å². The zero-order valence-corrected chi connectivity index (χ0v) is 34.0. The van der Waals surface area contributed by atoms with Gasteiger partial charge in [-0.2, -0.15) is 0 Å². The normalized spacial score (nSPS) is 19.8. The zero-order valence-electron chi connectivity index (χ0n) is 33.0. The Hall–Kier alpha value is -4.79. The molecule has 12 heteroatoms. The SMILES string of the molecule is C[Si](C)(C)CCOCn1cnc2c(N[C@H]3O[C@H](COCc4ccccc4)[C@@H](OCc4ccccc4)[C@H](OCc4ccccc4)[C@H]3OCc3ccccc3)ncnc21. The Balaban J connectivity index is 1.21. The number of imidazole rings is 1. The Kier molecular flexibility index (Phi) is 14.2. The van der Waals surface area contributed by atoms with Crippen molar-refractivity contribution in [2.45, 2.75) is 89.5 Å². The molecule has 1 aliphatic rings. The molecule has 3 heterocycles. The van der Waals surface area contributed by atoms with E-state index in [1.807, 2.05) is 102 Å². The minimum Gasteiger partial charge on any atom is -0.374 e. The number of anilines is 1. The van der Waals surface area contributed by atoms with Gasteiger partial charge in [0.2, 0.25) is 0 Å². The second-order valence-corrected chi connectivity index (χ2v) is 21.1. The van der Waals surface area contributed by atoms with Crippen molar-refractivity contribution >= 4 is 25.1 Å². The number of fused-ring (bicyclic) bond motifs is 1. The maximum atomic E-state index is 7.00. The fourth-order valence-electron chi connectivity index (χ4n) is 6.66. The number of aromatic nitrogens is 4. The minimum absolute atomic E-state index is 0.242. The lowest BCUT2D eigenvalue weighted by molar-refractivity contribution is -0.267.